The topological polar surface area (TPSA) is 78.3 Å². The van der Waals surface area contributed by atoms with Gasteiger partial charge in [-0.2, -0.15) is 0 Å². The van der Waals surface area contributed by atoms with Crippen LogP contribution in [0.4, 0.5) is 10.2 Å². The molecule has 252 valence electrons. The highest BCUT2D eigenvalue weighted by molar-refractivity contribution is 6.74. The highest BCUT2D eigenvalue weighted by Gasteiger charge is 2.51. The third-order valence-corrected chi connectivity index (χ3v) is 19.6. The van der Waals surface area contributed by atoms with Crippen molar-refractivity contribution in [1.29, 1.82) is 0 Å². The predicted octanol–water partition coefficient (Wildman–Crippen LogP) is 9.41. The van der Waals surface area contributed by atoms with E-state index in [1.165, 1.54) is 12.5 Å². The molecular weight excluding hydrogens is 658 g/mol. The SMILES string of the molecule is CC(C)(C)[Si](C)(C)OC[C@H]1C[C@@H](Nc2ncncc2C(=O)c2cc(Cl)n(Cc3cccc(Cl)c3)c2)[C@@H](F)[C@@H]1O[Si](C)(C)C(C)(C)C. The van der Waals surface area contributed by atoms with Crippen LogP contribution in [0.15, 0.2) is 49.1 Å². The van der Waals surface area contributed by atoms with E-state index < -0.39 is 35.0 Å². The first kappa shape index (κ1) is 36.7. The smallest absolute Gasteiger partial charge is 0.199 e. The van der Waals surface area contributed by atoms with Crippen molar-refractivity contribution in [3.05, 3.63) is 75.9 Å². The maximum absolute atomic E-state index is 16.5. The number of nitrogens with one attached hydrogen (secondary N) is 1. The summed E-state index contributed by atoms with van der Waals surface area (Å²) in [7, 11) is -4.39. The minimum atomic E-state index is -2.31. The number of aromatic nitrogens is 3. The number of hydrogen-bond donors (Lipinski definition) is 1. The van der Waals surface area contributed by atoms with Gasteiger partial charge in [0.25, 0.3) is 0 Å². The van der Waals surface area contributed by atoms with Crippen molar-refractivity contribution in [2.45, 2.75) is 109 Å². The lowest BCUT2D eigenvalue weighted by molar-refractivity contribution is 0.0551. The zero-order valence-corrected chi connectivity index (χ0v) is 32.3. The summed E-state index contributed by atoms with van der Waals surface area (Å²) in [4.78, 5) is 22.3. The first-order valence-corrected chi connectivity index (χ1v) is 22.4. The van der Waals surface area contributed by atoms with Gasteiger partial charge >= 0.3 is 0 Å². The standard InChI is InChI=1S/C34H49Cl2FN4O3Si2/c1-33(2,3)45(7,8)43-20-24-15-27(29(37)31(24)44-46(9,10)34(4,5)6)40-32-26(17-38-21-39-32)30(42)23-16-28(36)41(19-23)18-22-12-11-13-25(35)14-22/h11-14,16-17,19,21,24,27,29,31H,15,18,20H2,1-10H3,(H,38,39,40)/t24-,27-,29-,31-/m1/s1. The summed E-state index contributed by atoms with van der Waals surface area (Å²) >= 11 is 12.7. The molecule has 12 heteroatoms. The van der Waals surface area contributed by atoms with Crippen molar-refractivity contribution in [2.75, 3.05) is 11.9 Å². The third kappa shape index (κ3) is 8.30. The average Bonchev–Trinajstić information content (AvgIpc) is 3.44. The molecule has 0 amide bonds. The van der Waals surface area contributed by atoms with Gasteiger partial charge in [0, 0.05) is 42.0 Å². The Balaban J connectivity index is 1.58. The van der Waals surface area contributed by atoms with E-state index in [0.717, 1.165) is 5.56 Å². The van der Waals surface area contributed by atoms with Gasteiger partial charge < -0.3 is 18.7 Å². The van der Waals surface area contributed by atoms with Crippen LogP contribution >= 0.6 is 23.2 Å². The van der Waals surface area contributed by atoms with Crippen molar-refractivity contribution >= 4 is 51.4 Å². The molecule has 4 rings (SSSR count). The molecule has 0 saturated heterocycles. The van der Waals surface area contributed by atoms with E-state index in [-0.39, 0.29) is 33.2 Å². The number of hydrogen-bond acceptors (Lipinski definition) is 6. The fraction of sp³-hybridized carbons (Fsp3) is 0.559. The molecule has 4 atom stereocenters. The number of benzene rings is 1. The van der Waals surface area contributed by atoms with E-state index in [2.05, 4.69) is 83.0 Å². The van der Waals surface area contributed by atoms with Crippen molar-refractivity contribution in [3.8, 4) is 0 Å². The highest BCUT2D eigenvalue weighted by Crippen LogP contribution is 2.44. The molecule has 1 aliphatic rings. The van der Waals surface area contributed by atoms with Crippen LogP contribution < -0.4 is 5.32 Å². The second-order valence-electron chi connectivity index (χ2n) is 15.5. The summed E-state index contributed by atoms with van der Waals surface area (Å²) in [5.41, 5.74) is 1.58. The van der Waals surface area contributed by atoms with Gasteiger partial charge in [-0.1, -0.05) is 76.9 Å². The number of carbonyl (C=O) groups excluding carboxylic acids is 1. The zero-order valence-electron chi connectivity index (χ0n) is 28.7. The molecule has 1 saturated carbocycles. The Kier molecular flexibility index (Phi) is 11.0. The maximum Gasteiger partial charge on any atom is 0.199 e. The Bertz CT molecular complexity index is 1540. The molecular formula is C34H49Cl2FN4O3Si2. The molecule has 2 aromatic heterocycles. The Hall–Kier alpha value is -2.09. The quantitative estimate of drug-likeness (QED) is 0.158. The average molecular weight is 708 g/mol. The third-order valence-electron chi connectivity index (χ3n) is 10.0. The molecule has 2 heterocycles. The van der Waals surface area contributed by atoms with Crippen LogP contribution in [0.1, 0.15) is 69.4 Å². The number of carbonyl (C=O) groups is 1. The maximum atomic E-state index is 16.5. The minimum absolute atomic E-state index is 0.0281. The van der Waals surface area contributed by atoms with Crippen LogP contribution in [0, 0.1) is 5.92 Å². The first-order valence-electron chi connectivity index (χ1n) is 15.9. The summed E-state index contributed by atoms with van der Waals surface area (Å²) in [6.07, 6.45) is 3.04. The van der Waals surface area contributed by atoms with Gasteiger partial charge in [-0.05, 0) is 66.4 Å². The van der Waals surface area contributed by atoms with Gasteiger partial charge in [0.2, 0.25) is 0 Å². The summed E-state index contributed by atoms with van der Waals surface area (Å²) in [6.45, 7) is 22.7. The first-order chi connectivity index (χ1) is 21.2. The second kappa shape index (κ2) is 13.8. The van der Waals surface area contributed by atoms with Gasteiger partial charge in [0.15, 0.2) is 22.4 Å². The van der Waals surface area contributed by atoms with Gasteiger partial charge in [-0.3, -0.25) is 4.79 Å². The van der Waals surface area contributed by atoms with E-state index in [4.69, 9.17) is 32.1 Å². The van der Waals surface area contributed by atoms with Crippen molar-refractivity contribution in [3.63, 3.8) is 0 Å². The summed E-state index contributed by atoms with van der Waals surface area (Å²) in [5, 5.41) is 4.25. The fourth-order valence-corrected chi connectivity index (χ4v) is 7.95. The molecule has 1 aromatic carbocycles. The summed E-state index contributed by atoms with van der Waals surface area (Å²) in [5.74, 6) is -0.186. The van der Waals surface area contributed by atoms with Crippen molar-refractivity contribution < 1.29 is 18.0 Å². The van der Waals surface area contributed by atoms with Crippen LogP contribution in [0.2, 0.25) is 46.4 Å². The van der Waals surface area contributed by atoms with Gasteiger partial charge in [0.1, 0.15) is 23.5 Å². The second-order valence-corrected chi connectivity index (χ2v) is 25.9. The van der Waals surface area contributed by atoms with E-state index in [9.17, 15) is 4.79 Å². The van der Waals surface area contributed by atoms with Crippen LogP contribution in [0.3, 0.4) is 0 Å². The lowest BCUT2D eigenvalue weighted by Crippen LogP contribution is -2.49. The molecule has 3 aromatic rings. The van der Waals surface area contributed by atoms with Crippen LogP contribution in [-0.4, -0.2) is 61.9 Å². The summed E-state index contributed by atoms with van der Waals surface area (Å²) < 4.78 is 31.7. The van der Waals surface area contributed by atoms with Crippen LogP contribution in [-0.2, 0) is 15.4 Å². The summed E-state index contributed by atoms with van der Waals surface area (Å²) in [6, 6.07) is 8.47. The van der Waals surface area contributed by atoms with E-state index >= 15 is 4.39 Å². The van der Waals surface area contributed by atoms with Crippen LogP contribution in [0.5, 0.6) is 0 Å². The van der Waals surface area contributed by atoms with E-state index in [0.29, 0.717) is 35.3 Å². The molecule has 0 unspecified atom stereocenters. The largest absolute Gasteiger partial charge is 0.416 e. The molecule has 0 aliphatic heterocycles. The number of alkyl halides is 1. The molecule has 46 heavy (non-hydrogen) atoms. The number of rotatable bonds is 11. The minimum Gasteiger partial charge on any atom is -0.416 e. The van der Waals surface area contributed by atoms with E-state index in [1.807, 2.05) is 18.2 Å². The Morgan fingerprint density at radius 3 is 2.37 bits per heavy atom. The molecule has 0 spiro atoms. The molecule has 7 nitrogen and oxygen atoms in total. The van der Waals surface area contributed by atoms with Gasteiger partial charge in [-0.25, -0.2) is 14.4 Å². The molecule has 0 bridgehead atoms. The van der Waals surface area contributed by atoms with Gasteiger partial charge in [-0.15, -0.1) is 0 Å². The number of nitrogens with zero attached hydrogens (tertiary/aromatic N) is 3. The van der Waals surface area contributed by atoms with E-state index in [1.54, 1.807) is 22.9 Å². The molecule has 1 N–H and O–H groups in total. The number of anilines is 1. The number of ketones is 1. The lowest BCUT2D eigenvalue weighted by Gasteiger charge is -2.41. The van der Waals surface area contributed by atoms with Crippen LogP contribution in [0.25, 0.3) is 0 Å². The Morgan fingerprint density at radius 2 is 1.74 bits per heavy atom. The molecule has 1 aliphatic carbocycles. The van der Waals surface area contributed by atoms with Gasteiger partial charge in [0.05, 0.1) is 17.7 Å². The predicted molar refractivity (Wildman–Crippen MR) is 191 cm³/mol. The monoisotopic (exact) mass is 706 g/mol. The Morgan fingerprint density at radius 1 is 1.07 bits per heavy atom. The number of halogens is 3. The zero-order chi connectivity index (χ0) is 34.2. The molecule has 1 fully saturated rings. The Labute approximate surface area is 285 Å². The molecule has 0 radical (unpaired) electrons. The normalized spacial score (nSPS) is 21.1. The van der Waals surface area contributed by atoms with Crippen molar-refractivity contribution in [2.24, 2.45) is 5.92 Å². The highest BCUT2D eigenvalue weighted by atomic mass is 35.5. The lowest BCUT2D eigenvalue weighted by atomic mass is 10.1. The fourth-order valence-electron chi connectivity index (χ4n) is 5.09. The van der Waals surface area contributed by atoms with Crippen molar-refractivity contribution in [1.82, 2.24) is 14.5 Å².